The van der Waals surface area contributed by atoms with Crippen molar-refractivity contribution in [3.05, 3.63) is 59.9 Å². The van der Waals surface area contributed by atoms with E-state index in [1.807, 2.05) is 30.3 Å². The summed E-state index contributed by atoms with van der Waals surface area (Å²) in [6.45, 7) is 2.02. The molecule has 0 bridgehead atoms. The number of ether oxygens (including phenoxy) is 1. The predicted molar refractivity (Wildman–Crippen MR) is 103 cm³/mol. The lowest BCUT2D eigenvalue weighted by atomic mass is 10.1. The summed E-state index contributed by atoms with van der Waals surface area (Å²) in [7, 11) is 0. The molecule has 0 aliphatic heterocycles. The lowest BCUT2D eigenvalue weighted by Gasteiger charge is -2.01. The van der Waals surface area contributed by atoms with Crippen molar-refractivity contribution in [1.29, 1.82) is 0 Å². The average Bonchev–Trinajstić information content (AvgIpc) is 3.00. The molecule has 2 N–H and O–H groups in total. The second-order valence-corrected chi connectivity index (χ2v) is 5.87. The number of aromatic nitrogens is 3. The summed E-state index contributed by atoms with van der Waals surface area (Å²) in [6, 6.07) is 11.1. The molecule has 27 heavy (non-hydrogen) atoms. The normalized spacial score (nSPS) is 11.4. The van der Waals surface area contributed by atoms with Crippen LogP contribution in [0, 0.1) is 0 Å². The van der Waals surface area contributed by atoms with Crippen LogP contribution in [0.1, 0.15) is 22.8 Å². The molecule has 3 heterocycles. The quantitative estimate of drug-likeness (QED) is 0.426. The van der Waals surface area contributed by atoms with Gasteiger partial charge < -0.3 is 14.8 Å². The number of aliphatic imine (C=N–C) groups is 1. The number of hydrogen-bond donors (Lipinski definition) is 2. The van der Waals surface area contributed by atoms with Crippen molar-refractivity contribution >= 4 is 39.8 Å². The van der Waals surface area contributed by atoms with E-state index < -0.39 is 5.97 Å². The molecule has 0 spiro atoms. The lowest BCUT2D eigenvalue weighted by Crippen LogP contribution is -2.04. The zero-order valence-electron chi connectivity index (χ0n) is 14.5. The van der Waals surface area contributed by atoms with Crippen molar-refractivity contribution in [2.45, 2.75) is 6.92 Å². The molecule has 134 valence electrons. The molecule has 0 aliphatic rings. The van der Waals surface area contributed by atoms with E-state index in [4.69, 9.17) is 4.74 Å². The molecule has 7 heteroatoms. The summed E-state index contributed by atoms with van der Waals surface area (Å²) in [6.07, 6.45) is 4.69. The molecule has 3 aromatic heterocycles. The number of benzene rings is 1. The summed E-state index contributed by atoms with van der Waals surface area (Å²) in [5.74, 6) is -0.526. The van der Waals surface area contributed by atoms with E-state index in [-0.39, 0.29) is 12.5 Å². The van der Waals surface area contributed by atoms with E-state index in [2.05, 4.69) is 19.9 Å². The highest BCUT2D eigenvalue weighted by atomic mass is 16.5. The molecule has 1 aromatic carbocycles. The smallest absolute Gasteiger partial charge is 0.339 e. The van der Waals surface area contributed by atoms with Crippen LogP contribution in [-0.2, 0) is 4.74 Å². The third-order valence-corrected chi connectivity index (χ3v) is 4.11. The first kappa shape index (κ1) is 16.7. The van der Waals surface area contributed by atoms with Crippen LogP contribution in [0.5, 0.6) is 5.88 Å². The van der Waals surface area contributed by atoms with Gasteiger partial charge in [-0.2, -0.15) is 0 Å². The number of carbonyl (C=O) groups is 1. The van der Waals surface area contributed by atoms with Gasteiger partial charge >= 0.3 is 5.97 Å². The minimum Gasteiger partial charge on any atom is -0.494 e. The Kier molecular flexibility index (Phi) is 4.25. The Labute approximate surface area is 154 Å². The van der Waals surface area contributed by atoms with Crippen LogP contribution in [0.3, 0.4) is 0 Å². The van der Waals surface area contributed by atoms with Crippen LogP contribution in [-0.4, -0.2) is 38.8 Å². The molecule has 0 amide bonds. The van der Waals surface area contributed by atoms with E-state index in [0.717, 1.165) is 16.6 Å². The molecule has 4 aromatic rings. The zero-order valence-corrected chi connectivity index (χ0v) is 14.5. The Balaban J connectivity index is 1.73. The van der Waals surface area contributed by atoms with Crippen molar-refractivity contribution in [2.24, 2.45) is 4.99 Å². The van der Waals surface area contributed by atoms with Gasteiger partial charge in [0.15, 0.2) is 5.88 Å². The maximum Gasteiger partial charge on any atom is 0.339 e. The van der Waals surface area contributed by atoms with Crippen LogP contribution < -0.4 is 0 Å². The van der Waals surface area contributed by atoms with Crippen molar-refractivity contribution < 1.29 is 14.6 Å². The molecule has 4 rings (SSSR count). The number of fused-ring (bicyclic) bond motifs is 2. The van der Waals surface area contributed by atoms with Crippen LogP contribution in [0.2, 0.25) is 0 Å². The lowest BCUT2D eigenvalue weighted by molar-refractivity contribution is 0.0526. The first-order valence-corrected chi connectivity index (χ1v) is 8.42. The molecule has 0 aliphatic carbocycles. The van der Waals surface area contributed by atoms with Gasteiger partial charge in [-0.25, -0.2) is 9.78 Å². The van der Waals surface area contributed by atoms with Gasteiger partial charge in [-0.3, -0.25) is 9.98 Å². The summed E-state index contributed by atoms with van der Waals surface area (Å²) in [4.78, 5) is 27.6. The molecule has 7 nitrogen and oxygen atoms in total. The fourth-order valence-electron chi connectivity index (χ4n) is 2.82. The summed E-state index contributed by atoms with van der Waals surface area (Å²) in [5, 5.41) is 11.8. The Hall–Kier alpha value is -3.74. The van der Waals surface area contributed by atoms with Gasteiger partial charge in [0, 0.05) is 29.4 Å². The molecule has 0 fully saturated rings. The molecular weight excluding hydrogens is 344 g/mol. The standard InChI is InChI=1S/C20H16N4O3/c1-2-27-20(26)13-9-15-16(19(25)24-18(15)23-10-13)11-22-14-5-6-17-12(8-14)4-3-7-21-17/h3-11,25H,2H2,1H3,(H,23,24). The second kappa shape index (κ2) is 6.87. The van der Waals surface area contributed by atoms with Crippen LogP contribution in [0.25, 0.3) is 21.9 Å². The average molecular weight is 360 g/mol. The van der Waals surface area contributed by atoms with Crippen LogP contribution >= 0.6 is 0 Å². The summed E-state index contributed by atoms with van der Waals surface area (Å²) < 4.78 is 5.00. The highest BCUT2D eigenvalue weighted by Crippen LogP contribution is 2.26. The highest BCUT2D eigenvalue weighted by molar-refractivity contribution is 6.04. The summed E-state index contributed by atoms with van der Waals surface area (Å²) >= 11 is 0. The minimum absolute atomic E-state index is 0.0651. The second-order valence-electron chi connectivity index (χ2n) is 5.87. The number of esters is 1. The number of aromatic hydroxyl groups is 1. The van der Waals surface area contributed by atoms with E-state index in [1.165, 1.54) is 6.20 Å². The van der Waals surface area contributed by atoms with Gasteiger partial charge in [0.1, 0.15) is 5.65 Å². The number of carbonyl (C=O) groups excluding carboxylic acids is 1. The fraction of sp³-hybridized carbons (Fsp3) is 0.100. The van der Waals surface area contributed by atoms with Crippen molar-refractivity contribution in [3.8, 4) is 5.88 Å². The molecule has 0 radical (unpaired) electrons. The molecule has 0 saturated carbocycles. The number of nitrogens with zero attached hydrogens (tertiary/aromatic N) is 3. The van der Waals surface area contributed by atoms with Gasteiger partial charge in [0.25, 0.3) is 0 Å². The Bertz CT molecular complexity index is 1180. The van der Waals surface area contributed by atoms with Crippen molar-refractivity contribution in [3.63, 3.8) is 0 Å². The number of rotatable bonds is 4. The number of pyridine rings is 2. The minimum atomic E-state index is -0.461. The van der Waals surface area contributed by atoms with E-state index in [9.17, 15) is 9.90 Å². The highest BCUT2D eigenvalue weighted by Gasteiger charge is 2.14. The van der Waals surface area contributed by atoms with Gasteiger partial charge in [0.05, 0.1) is 28.9 Å². The molecule has 0 atom stereocenters. The Morgan fingerprint density at radius 1 is 1.30 bits per heavy atom. The third-order valence-electron chi connectivity index (χ3n) is 4.11. The summed E-state index contributed by atoms with van der Waals surface area (Å²) in [5.41, 5.74) is 2.84. The van der Waals surface area contributed by atoms with Crippen molar-refractivity contribution in [2.75, 3.05) is 6.61 Å². The van der Waals surface area contributed by atoms with E-state index >= 15 is 0 Å². The maximum absolute atomic E-state index is 11.9. The maximum atomic E-state index is 11.9. The van der Waals surface area contributed by atoms with Crippen molar-refractivity contribution in [1.82, 2.24) is 15.0 Å². The van der Waals surface area contributed by atoms with Gasteiger partial charge in [-0.05, 0) is 37.3 Å². The van der Waals surface area contributed by atoms with Gasteiger partial charge in [0.2, 0.25) is 0 Å². The number of nitrogens with one attached hydrogen (secondary N) is 1. The van der Waals surface area contributed by atoms with Gasteiger partial charge in [-0.15, -0.1) is 0 Å². The number of H-pyrrole nitrogens is 1. The predicted octanol–water partition coefficient (Wildman–Crippen LogP) is 3.74. The largest absolute Gasteiger partial charge is 0.494 e. The topological polar surface area (TPSA) is 100 Å². The zero-order chi connectivity index (χ0) is 18.8. The first-order valence-electron chi connectivity index (χ1n) is 8.42. The van der Waals surface area contributed by atoms with Crippen LogP contribution in [0.4, 0.5) is 5.69 Å². The molecular formula is C20H16N4O3. The van der Waals surface area contributed by atoms with E-state index in [1.54, 1.807) is 25.4 Å². The van der Waals surface area contributed by atoms with Gasteiger partial charge in [-0.1, -0.05) is 6.07 Å². The Morgan fingerprint density at radius 2 is 2.19 bits per heavy atom. The number of hydrogen-bond acceptors (Lipinski definition) is 6. The SMILES string of the molecule is CCOC(=O)c1cnc2[nH]c(O)c(C=Nc3ccc4ncccc4c3)c2c1. The fourth-order valence-corrected chi connectivity index (χ4v) is 2.82. The molecule has 0 unspecified atom stereocenters. The third kappa shape index (κ3) is 3.22. The monoisotopic (exact) mass is 360 g/mol. The number of aromatic amines is 1. The Morgan fingerprint density at radius 3 is 3.04 bits per heavy atom. The molecule has 0 saturated heterocycles. The first-order chi connectivity index (χ1) is 13.2. The van der Waals surface area contributed by atoms with Crippen LogP contribution in [0.15, 0.2) is 53.8 Å². The van der Waals surface area contributed by atoms with E-state index in [0.29, 0.717) is 22.2 Å².